The van der Waals surface area contributed by atoms with Crippen molar-refractivity contribution < 1.29 is 14.9 Å². The van der Waals surface area contributed by atoms with Crippen LogP contribution in [0.2, 0.25) is 0 Å². The topological polar surface area (TPSA) is 54.6 Å². The third-order valence-electron chi connectivity index (χ3n) is 2.81. The fraction of sp³-hybridized carbons (Fsp3) is 0.250. The molecule has 2 rings (SSSR count). The summed E-state index contributed by atoms with van der Waals surface area (Å²) in [6, 6.07) is 7.77. The third kappa shape index (κ3) is 2.68. The zero-order chi connectivity index (χ0) is 14.4. The standard InChI is InChI=1S/C16H15NO3/c1-20-12-17-15-8-3-2-6-13(15)14(7-4-10-18)16(17)9-5-11-19/h2-3,6,8,18-19H,10-12H2,1H3. The van der Waals surface area contributed by atoms with Crippen LogP contribution in [-0.4, -0.2) is 35.1 Å². The van der Waals surface area contributed by atoms with Crippen molar-refractivity contribution in [2.75, 3.05) is 20.3 Å². The molecule has 0 atom stereocenters. The van der Waals surface area contributed by atoms with Crippen LogP contribution in [-0.2, 0) is 11.5 Å². The summed E-state index contributed by atoms with van der Waals surface area (Å²) in [4.78, 5) is 0. The zero-order valence-corrected chi connectivity index (χ0v) is 11.2. The molecule has 1 aromatic heterocycles. The summed E-state index contributed by atoms with van der Waals surface area (Å²) in [5, 5.41) is 18.7. The van der Waals surface area contributed by atoms with Gasteiger partial charge in [-0.3, -0.25) is 0 Å². The second-order valence-corrected chi connectivity index (χ2v) is 4.01. The van der Waals surface area contributed by atoms with Crippen molar-refractivity contribution in [3.05, 3.63) is 35.5 Å². The highest BCUT2D eigenvalue weighted by molar-refractivity contribution is 5.89. The van der Waals surface area contributed by atoms with Crippen molar-refractivity contribution in [3.63, 3.8) is 0 Å². The van der Waals surface area contributed by atoms with Crippen molar-refractivity contribution in [2.24, 2.45) is 0 Å². The van der Waals surface area contributed by atoms with Crippen molar-refractivity contribution in [1.82, 2.24) is 4.57 Å². The SMILES string of the molecule is COCn1c(C#CCO)c(C#CCO)c2ccccc21. The van der Waals surface area contributed by atoms with Crippen molar-refractivity contribution >= 4 is 10.9 Å². The molecule has 0 aliphatic rings. The van der Waals surface area contributed by atoms with Crippen LogP contribution >= 0.6 is 0 Å². The summed E-state index contributed by atoms with van der Waals surface area (Å²) in [6.45, 7) is -0.0885. The van der Waals surface area contributed by atoms with Gasteiger partial charge in [-0.05, 0) is 12.0 Å². The molecule has 4 heteroatoms. The van der Waals surface area contributed by atoms with E-state index in [0.29, 0.717) is 12.4 Å². The molecule has 2 N–H and O–H groups in total. The van der Waals surface area contributed by atoms with Crippen LogP contribution in [0.15, 0.2) is 24.3 Å². The molecule has 2 aromatic rings. The van der Waals surface area contributed by atoms with E-state index >= 15 is 0 Å². The van der Waals surface area contributed by atoms with E-state index in [4.69, 9.17) is 14.9 Å². The van der Waals surface area contributed by atoms with Gasteiger partial charge in [-0.15, -0.1) is 0 Å². The highest BCUT2D eigenvalue weighted by atomic mass is 16.5. The molecule has 102 valence electrons. The molecule has 0 bridgehead atoms. The number of nitrogens with zero attached hydrogens (tertiary/aromatic N) is 1. The first-order valence-electron chi connectivity index (χ1n) is 6.13. The minimum absolute atomic E-state index is 0.212. The molecule has 20 heavy (non-hydrogen) atoms. The molecular formula is C16H15NO3. The molecule has 0 amide bonds. The van der Waals surface area contributed by atoms with Gasteiger partial charge in [-0.25, -0.2) is 0 Å². The lowest BCUT2D eigenvalue weighted by Gasteiger charge is -2.05. The van der Waals surface area contributed by atoms with E-state index in [0.717, 1.165) is 16.5 Å². The first kappa shape index (κ1) is 14.2. The summed E-state index contributed by atoms with van der Waals surface area (Å²) in [5.74, 6) is 11.1. The maximum atomic E-state index is 8.90. The second-order valence-electron chi connectivity index (χ2n) is 4.01. The molecular weight excluding hydrogens is 254 g/mol. The molecule has 0 radical (unpaired) electrons. The number of fused-ring (bicyclic) bond motifs is 1. The quantitative estimate of drug-likeness (QED) is 0.798. The minimum Gasteiger partial charge on any atom is -0.384 e. The van der Waals surface area contributed by atoms with Crippen LogP contribution in [0.5, 0.6) is 0 Å². The number of aliphatic hydroxyl groups excluding tert-OH is 2. The second kappa shape index (κ2) is 6.79. The van der Waals surface area contributed by atoms with Crippen molar-refractivity contribution in [1.29, 1.82) is 0 Å². The Hall–Kier alpha value is -2.24. The van der Waals surface area contributed by atoms with E-state index in [2.05, 4.69) is 23.7 Å². The third-order valence-corrected chi connectivity index (χ3v) is 2.81. The highest BCUT2D eigenvalue weighted by Crippen LogP contribution is 2.25. The van der Waals surface area contributed by atoms with E-state index in [1.165, 1.54) is 0 Å². The van der Waals surface area contributed by atoms with Gasteiger partial charge in [0.2, 0.25) is 0 Å². The Kier molecular flexibility index (Phi) is 4.81. The number of rotatable bonds is 2. The Morgan fingerprint density at radius 3 is 2.50 bits per heavy atom. The van der Waals surface area contributed by atoms with E-state index < -0.39 is 0 Å². The monoisotopic (exact) mass is 269 g/mol. The number of aromatic nitrogens is 1. The van der Waals surface area contributed by atoms with E-state index in [9.17, 15) is 0 Å². The summed E-state index contributed by atoms with van der Waals surface area (Å²) in [6.07, 6.45) is 0. The van der Waals surface area contributed by atoms with Crippen LogP contribution in [0.3, 0.4) is 0 Å². The van der Waals surface area contributed by atoms with Crippen molar-refractivity contribution in [2.45, 2.75) is 6.73 Å². The van der Waals surface area contributed by atoms with E-state index in [1.807, 2.05) is 28.8 Å². The van der Waals surface area contributed by atoms with Crippen LogP contribution in [0.4, 0.5) is 0 Å². The summed E-state index contributed by atoms with van der Waals surface area (Å²) >= 11 is 0. The molecule has 0 saturated heterocycles. The Bertz CT molecular complexity index is 723. The first-order valence-corrected chi connectivity index (χ1v) is 6.13. The lowest BCUT2D eigenvalue weighted by molar-refractivity contribution is 0.134. The van der Waals surface area contributed by atoms with Gasteiger partial charge in [0, 0.05) is 12.5 Å². The Morgan fingerprint density at radius 2 is 1.80 bits per heavy atom. The average molecular weight is 269 g/mol. The molecule has 0 aliphatic carbocycles. The molecule has 0 unspecified atom stereocenters. The van der Waals surface area contributed by atoms with Gasteiger partial charge in [-0.2, -0.15) is 0 Å². The smallest absolute Gasteiger partial charge is 0.123 e. The number of hydrogen-bond donors (Lipinski definition) is 2. The van der Waals surface area contributed by atoms with E-state index in [-0.39, 0.29) is 13.2 Å². The predicted molar refractivity (Wildman–Crippen MR) is 76.9 cm³/mol. The fourth-order valence-electron chi connectivity index (χ4n) is 2.07. The summed E-state index contributed by atoms with van der Waals surface area (Å²) in [5.41, 5.74) is 2.38. The summed E-state index contributed by atoms with van der Waals surface area (Å²) < 4.78 is 7.11. The predicted octanol–water partition coefficient (Wildman–Crippen LogP) is 0.933. The first-order chi connectivity index (χ1) is 9.83. The van der Waals surface area contributed by atoms with Crippen LogP contribution < -0.4 is 0 Å². The summed E-state index contributed by atoms with van der Waals surface area (Å²) in [7, 11) is 1.61. The highest BCUT2D eigenvalue weighted by Gasteiger charge is 2.13. The number of methoxy groups -OCH3 is 1. The molecule has 1 heterocycles. The Morgan fingerprint density at radius 1 is 1.10 bits per heavy atom. The average Bonchev–Trinajstić information content (AvgIpc) is 2.77. The number of aliphatic hydroxyl groups is 2. The van der Waals surface area contributed by atoms with Gasteiger partial charge in [0.25, 0.3) is 0 Å². The molecule has 0 saturated carbocycles. The van der Waals surface area contributed by atoms with Gasteiger partial charge in [-0.1, -0.05) is 36.0 Å². The maximum Gasteiger partial charge on any atom is 0.123 e. The van der Waals surface area contributed by atoms with Crippen LogP contribution in [0, 0.1) is 23.7 Å². The lowest BCUT2D eigenvalue weighted by atomic mass is 10.1. The Labute approximate surface area is 117 Å². The number of benzene rings is 1. The van der Waals surface area contributed by atoms with E-state index in [1.54, 1.807) is 7.11 Å². The Balaban J connectivity index is 2.77. The molecule has 4 nitrogen and oxygen atoms in total. The zero-order valence-electron chi connectivity index (χ0n) is 11.2. The molecule has 1 aromatic carbocycles. The van der Waals surface area contributed by atoms with Crippen LogP contribution in [0.1, 0.15) is 11.3 Å². The van der Waals surface area contributed by atoms with Crippen molar-refractivity contribution in [3.8, 4) is 23.7 Å². The molecule has 0 fully saturated rings. The van der Waals surface area contributed by atoms with Gasteiger partial charge >= 0.3 is 0 Å². The number of hydrogen-bond acceptors (Lipinski definition) is 3. The van der Waals surface area contributed by atoms with Gasteiger partial charge in [0.05, 0.1) is 11.1 Å². The largest absolute Gasteiger partial charge is 0.384 e. The molecule has 0 spiro atoms. The minimum atomic E-state index is -0.221. The number of ether oxygens (including phenoxy) is 1. The normalized spacial score (nSPS) is 9.75. The van der Waals surface area contributed by atoms with Gasteiger partial charge in [0.15, 0.2) is 0 Å². The fourth-order valence-corrected chi connectivity index (χ4v) is 2.07. The maximum absolute atomic E-state index is 8.90. The number of para-hydroxylation sites is 1. The van der Waals surface area contributed by atoms with Gasteiger partial charge in [0.1, 0.15) is 25.6 Å². The van der Waals surface area contributed by atoms with Crippen LogP contribution in [0.25, 0.3) is 10.9 Å². The lowest BCUT2D eigenvalue weighted by Crippen LogP contribution is -2.03. The molecule has 0 aliphatic heterocycles. The van der Waals surface area contributed by atoms with Gasteiger partial charge < -0.3 is 19.5 Å².